The lowest BCUT2D eigenvalue weighted by atomic mass is 10.2. The van der Waals surface area contributed by atoms with E-state index in [1.807, 2.05) is 53.9 Å². The average molecular weight is 393 g/mol. The first-order chi connectivity index (χ1) is 10.8. The number of hydrogen-bond donors (Lipinski definition) is 1. The van der Waals surface area contributed by atoms with Crippen LogP contribution in [0.1, 0.15) is 0 Å². The number of nitrogens with zero attached hydrogens (tertiary/aromatic N) is 1. The Hall–Kier alpha value is -2.05. The van der Waals surface area contributed by atoms with Crippen LogP contribution in [0.2, 0.25) is 0 Å². The zero-order valence-corrected chi connectivity index (χ0v) is 15.3. The van der Waals surface area contributed by atoms with Crippen molar-refractivity contribution in [3.8, 4) is 22.8 Å². The van der Waals surface area contributed by atoms with Crippen molar-refractivity contribution in [3.05, 3.63) is 53.9 Å². The van der Waals surface area contributed by atoms with Crippen molar-refractivity contribution in [2.75, 3.05) is 19.5 Å². The molecule has 2 aromatic carbocycles. The highest BCUT2D eigenvalue weighted by atomic mass is 79.9. The van der Waals surface area contributed by atoms with Crippen molar-refractivity contribution < 1.29 is 9.47 Å². The summed E-state index contributed by atoms with van der Waals surface area (Å²) in [5.74, 6) is 1.68. The maximum absolute atomic E-state index is 5.17. The number of anilines is 2. The molecule has 3 rings (SSSR count). The normalized spacial score (nSPS) is 9.83. The van der Waals surface area contributed by atoms with Crippen molar-refractivity contribution in [1.82, 2.24) is 4.98 Å². The van der Waals surface area contributed by atoms with Crippen LogP contribution in [-0.4, -0.2) is 19.2 Å². The van der Waals surface area contributed by atoms with Crippen LogP contribution in [0, 0.1) is 0 Å². The van der Waals surface area contributed by atoms with Gasteiger partial charge in [-0.05, 0) is 48.5 Å². The molecule has 1 heterocycles. The van der Waals surface area contributed by atoms with Crippen molar-refractivity contribution in [3.63, 3.8) is 0 Å². The van der Waals surface area contributed by atoms with Gasteiger partial charge < -0.3 is 14.8 Å². The quantitative estimate of drug-likeness (QED) is 0.651. The lowest BCUT2D eigenvalue weighted by Gasteiger charge is -2.04. The second kappa shape index (κ2) is 7.99. The van der Waals surface area contributed by atoms with Crippen LogP contribution in [0.5, 0.6) is 11.5 Å². The lowest BCUT2D eigenvalue weighted by molar-refractivity contribution is 0.415. The Labute approximate surface area is 149 Å². The Kier molecular flexibility index (Phi) is 6.01. The first-order valence-corrected chi connectivity index (χ1v) is 7.67. The monoisotopic (exact) mass is 392 g/mol. The van der Waals surface area contributed by atoms with Crippen molar-refractivity contribution in [1.29, 1.82) is 0 Å². The minimum Gasteiger partial charge on any atom is -0.497 e. The number of rotatable bonds is 5. The summed E-state index contributed by atoms with van der Waals surface area (Å²) in [6.07, 6.45) is 0. The molecule has 4 nitrogen and oxygen atoms in total. The van der Waals surface area contributed by atoms with Crippen molar-refractivity contribution in [2.45, 2.75) is 0 Å². The molecule has 3 aromatic rings. The van der Waals surface area contributed by atoms with Crippen LogP contribution < -0.4 is 14.8 Å². The molecule has 1 N–H and O–H groups in total. The summed E-state index contributed by atoms with van der Waals surface area (Å²) in [7, 11) is 3.32. The predicted molar refractivity (Wildman–Crippen MR) is 101 cm³/mol. The van der Waals surface area contributed by atoms with E-state index in [-0.39, 0.29) is 17.0 Å². The molecule has 0 spiro atoms. The van der Waals surface area contributed by atoms with Crippen LogP contribution in [0.15, 0.2) is 53.9 Å². The summed E-state index contributed by atoms with van der Waals surface area (Å²) in [5, 5.41) is 6.19. The Balaban J connectivity index is 0.00000192. The fourth-order valence-electron chi connectivity index (χ4n) is 2.02. The molecule has 0 atom stereocenters. The molecule has 23 heavy (non-hydrogen) atoms. The largest absolute Gasteiger partial charge is 0.497 e. The SMILES string of the molecule is Br.COc1ccc(Nc2nc(-c3ccc(OC)cc3)cs2)cc1. The maximum atomic E-state index is 5.17. The van der Waals surface area contributed by atoms with Gasteiger partial charge in [0.25, 0.3) is 0 Å². The average Bonchev–Trinajstić information content (AvgIpc) is 3.04. The van der Waals surface area contributed by atoms with E-state index in [0.717, 1.165) is 33.6 Å². The fourth-order valence-corrected chi connectivity index (χ4v) is 2.76. The summed E-state index contributed by atoms with van der Waals surface area (Å²) in [6.45, 7) is 0. The molecule has 0 bridgehead atoms. The summed E-state index contributed by atoms with van der Waals surface area (Å²) in [4.78, 5) is 4.61. The standard InChI is InChI=1S/C17H16N2O2S.BrH/c1-20-14-7-3-12(4-8-14)16-11-22-17(19-16)18-13-5-9-15(21-2)10-6-13;/h3-11H,1-2H3,(H,18,19);1H. The predicted octanol–water partition coefficient (Wildman–Crippen LogP) is 5.15. The van der Waals surface area contributed by atoms with E-state index in [9.17, 15) is 0 Å². The molecule has 0 unspecified atom stereocenters. The van der Waals surface area contributed by atoms with Gasteiger partial charge in [0.1, 0.15) is 11.5 Å². The van der Waals surface area contributed by atoms with Crippen molar-refractivity contribution in [2.24, 2.45) is 0 Å². The first-order valence-electron chi connectivity index (χ1n) is 6.79. The van der Waals surface area contributed by atoms with Gasteiger partial charge in [-0.2, -0.15) is 0 Å². The molecular formula is C17H17BrN2O2S. The molecular weight excluding hydrogens is 376 g/mol. The molecule has 0 saturated heterocycles. The molecule has 0 aliphatic heterocycles. The van der Waals surface area contributed by atoms with Gasteiger partial charge in [0.15, 0.2) is 5.13 Å². The number of ether oxygens (including phenoxy) is 2. The smallest absolute Gasteiger partial charge is 0.187 e. The van der Waals surface area contributed by atoms with Gasteiger partial charge in [-0.1, -0.05) is 0 Å². The number of methoxy groups -OCH3 is 2. The highest BCUT2D eigenvalue weighted by Gasteiger charge is 2.05. The van der Waals surface area contributed by atoms with Gasteiger partial charge in [-0.15, -0.1) is 28.3 Å². The molecule has 0 aliphatic carbocycles. The topological polar surface area (TPSA) is 43.4 Å². The third-order valence-corrected chi connectivity index (χ3v) is 3.99. The molecule has 6 heteroatoms. The van der Waals surface area contributed by atoms with Gasteiger partial charge in [-0.25, -0.2) is 4.98 Å². The van der Waals surface area contributed by atoms with E-state index in [4.69, 9.17) is 9.47 Å². The van der Waals surface area contributed by atoms with Gasteiger partial charge >= 0.3 is 0 Å². The van der Waals surface area contributed by atoms with Gasteiger partial charge in [0.05, 0.1) is 19.9 Å². The molecule has 1 aromatic heterocycles. The summed E-state index contributed by atoms with van der Waals surface area (Å²) >= 11 is 1.57. The Morgan fingerprint density at radius 3 is 2.00 bits per heavy atom. The van der Waals surface area contributed by atoms with E-state index in [1.54, 1.807) is 25.6 Å². The van der Waals surface area contributed by atoms with E-state index in [2.05, 4.69) is 10.3 Å². The first kappa shape index (κ1) is 17.3. The lowest BCUT2D eigenvalue weighted by Crippen LogP contribution is -1.90. The summed E-state index contributed by atoms with van der Waals surface area (Å²) < 4.78 is 10.3. The summed E-state index contributed by atoms with van der Waals surface area (Å²) in [5.41, 5.74) is 3.00. The van der Waals surface area contributed by atoms with Crippen molar-refractivity contribution >= 4 is 39.1 Å². The third-order valence-electron chi connectivity index (χ3n) is 3.23. The van der Waals surface area contributed by atoms with Crippen LogP contribution in [0.3, 0.4) is 0 Å². The third kappa shape index (κ3) is 4.24. The van der Waals surface area contributed by atoms with Gasteiger partial charge in [-0.3, -0.25) is 0 Å². The van der Waals surface area contributed by atoms with E-state index in [0.29, 0.717) is 0 Å². The zero-order valence-electron chi connectivity index (χ0n) is 12.8. The number of hydrogen-bond acceptors (Lipinski definition) is 5. The molecule has 0 amide bonds. The van der Waals surface area contributed by atoms with Crippen LogP contribution in [0.4, 0.5) is 10.8 Å². The molecule has 120 valence electrons. The van der Waals surface area contributed by atoms with Gasteiger partial charge in [0, 0.05) is 16.6 Å². The fraction of sp³-hybridized carbons (Fsp3) is 0.118. The Morgan fingerprint density at radius 2 is 1.43 bits per heavy atom. The molecule has 0 aliphatic rings. The Bertz CT molecular complexity index is 742. The summed E-state index contributed by atoms with van der Waals surface area (Å²) in [6, 6.07) is 15.6. The highest BCUT2D eigenvalue weighted by Crippen LogP contribution is 2.28. The van der Waals surface area contributed by atoms with Gasteiger partial charge in [0.2, 0.25) is 0 Å². The molecule has 0 saturated carbocycles. The van der Waals surface area contributed by atoms with Crippen LogP contribution >= 0.6 is 28.3 Å². The number of aromatic nitrogens is 1. The minimum atomic E-state index is 0. The number of halogens is 1. The highest BCUT2D eigenvalue weighted by molar-refractivity contribution is 8.93. The van der Waals surface area contributed by atoms with Crippen LogP contribution in [0.25, 0.3) is 11.3 Å². The second-order valence-electron chi connectivity index (χ2n) is 4.62. The van der Waals surface area contributed by atoms with E-state index >= 15 is 0 Å². The minimum absolute atomic E-state index is 0. The number of benzene rings is 2. The maximum Gasteiger partial charge on any atom is 0.187 e. The number of nitrogens with one attached hydrogen (secondary N) is 1. The molecule has 0 radical (unpaired) electrons. The van der Waals surface area contributed by atoms with E-state index in [1.165, 1.54) is 0 Å². The number of thiazole rings is 1. The second-order valence-corrected chi connectivity index (χ2v) is 5.48. The Morgan fingerprint density at radius 1 is 0.870 bits per heavy atom. The van der Waals surface area contributed by atoms with E-state index < -0.39 is 0 Å². The molecule has 0 fully saturated rings. The zero-order chi connectivity index (χ0) is 15.4. The van der Waals surface area contributed by atoms with Crippen LogP contribution in [-0.2, 0) is 0 Å².